The number of rotatable bonds is 4. The van der Waals surface area contributed by atoms with Gasteiger partial charge in [-0.25, -0.2) is 13.2 Å². The van der Waals surface area contributed by atoms with Gasteiger partial charge in [-0.05, 0) is 25.0 Å². The Labute approximate surface area is 188 Å². The molecule has 3 aromatic rings. The monoisotopic (exact) mass is 455 g/mol. The number of aromatic nitrogens is 3. The largest absolute Gasteiger partial charge is 0.377 e. The molecule has 0 radical (unpaired) electrons. The third kappa shape index (κ3) is 4.01. The van der Waals surface area contributed by atoms with Crippen LogP contribution in [0.1, 0.15) is 43.1 Å². The average molecular weight is 455 g/mol. The molecule has 4 heterocycles. The van der Waals surface area contributed by atoms with E-state index in [1.807, 2.05) is 22.9 Å². The van der Waals surface area contributed by atoms with E-state index in [1.165, 1.54) is 12.1 Å². The molecule has 2 aliphatic heterocycles. The normalized spacial score (nSPS) is 17.6. The predicted molar refractivity (Wildman–Crippen MR) is 119 cm³/mol. The van der Waals surface area contributed by atoms with E-state index in [-0.39, 0.29) is 5.56 Å². The zero-order valence-electron chi connectivity index (χ0n) is 18.4. The van der Waals surface area contributed by atoms with Crippen LogP contribution in [-0.4, -0.2) is 34.3 Å². The second kappa shape index (κ2) is 8.30. The third-order valence-electron chi connectivity index (χ3n) is 6.06. The number of nitrogens with one attached hydrogen (secondary N) is 1. The van der Waals surface area contributed by atoms with Gasteiger partial charge >= 0.3 is 0 Å². The van der Waals surface area contributed by atoms with Crippen LogP contribution in [0.4, 0.5) is 19.1 Å². The lowest BCUT2D eigenvalue weighted by atomic mass is 10.0. The van der Waals surface area contributed by atoms with Gasteiger partial charge in [0.15, 0.2) is 5.49 Å². The standard InChI is InChI=1S/C24H24F3N5O/c1-14(16-4-3-5-18(21(16)25)24(2,26)27)30-22-17-12-19(15-6-10-33-11-7-15)29-13-20(17)32-9-8-28-23(32)31-22/h3-6,12-14H,7-11H2,1-2H3,(H,28,30,31). The van der Waals surface area contributed by atoms with Gasteiger partial charge in [-0.15, -0.1) is 0 Å². The maximum atomic E-state index is 15.0. The highest BCUT2D eigenvalue weighted by molar-refractivity contribution is 5.82. The first kappa shape index (κ1) is 21.6. The molecule has 0 spiro atoms. The van der Waals surface area contributed by atoms with E-state index in [9.17, 15) is 13.2 Å². The second-order valence-electron chi connectivity index (χ2n) is 8.38. The Morgan fingerprint density at radius 3 is 2.91 bits per heavy atom. The smallest absolute Gasteiger partial charge is 0.273 e. The van der Waals surface area contributed by atoms with Crippen molar-refractivity contribution in [3.05, 3.63) is 64.7 Å². The van der Waals surface area contributed by atoms with E-state index in [4.69, 9.17) is 4.74 Å². The number of ether oxygens (including phenoxy) is 1. The van der Waals surface area contributed by atoms with Crippen LogP contribution >= 0.6 is 0 Å². The molecule has 1 unspecified atom stereocenters. The van der Waals surface area contributed by atoms with Crippen molar-refractivity contribution in [3.8, 4) is 0 Å². The average Bonchev–Trinajstić information content (AvgIpc) is 3.27. The molecule has 1 aromatic carbocycles. The van der Waals surface area contributed by atoms with Gasteiger partial charge in [0.05, 0.1) is 42.2 Å². The molecule has 0 amide bonds. The van der Waals surface area contributed by atoms with E-state index in [0.717, 1.165) is 47.7 Å². The lowest BCUT2D eigenvalue weighted by Crippen LogP contribution is -2.18. The fraction of sp³-hybridized carbons (Fsp3) is 0.375. The van der Waals surface area contributed by atoms with Crippen LogP contribution in [0, 0.1) is 5.82 Å². The molecule has 9 heteroatoms. The minimum atomic E-state index is -3.28. The summed E-state index contributed by atoms with van der Waals surface area (Å²) in [4.78, 5) is 14.0. The molecule has 172 valence electrons. The van der Waals surface area contributed by atoms with Crippen LogP contribution in [0.25, 0.3) is 16.5 Å². The molecule has 6 nitrogen and oxygen atoms in total. The number of nitrogens with zero attached hydrogens (tertiary/aromatic N) is 4. The van der Waals surface area contributed by atoms with Crippen molar-refractivity contribution in [3.63, 3.8) is 0 Å². The highest BCUT2D eigenvalue weighted by Gasteiger charge is 2.30. The Morgan fingerprint density at radius 2 is 2.15 bits per heavy atom. The Kier molecular flexibility index (Phi) is 5.44. The summed E-state index contributed by atoms with van der Waals surface area (Å²) in [5, 5.41) is 4.01. The molecule has 0 saturated carbocycles. The Morgan fingerprint density at radius 1 is 1.30 bits per heavy atom. The number of benzene rings is 1. The summed E-state index contributed by atoms with van der Waals surface area (Å²) in [6.07, 6.45) is 4.58. The number of hydrogen-bond donors (Lipinski definition) is 1. The molecule has 0 aliphatic carbocycles. The fourth-order valence-corrected chi connectivity index (χ4v) is 4.32. The Hall–Kier alpha value is -3.20. The first-order valence-corrected chi connectivity index (χ1v) is 10.9. The SMILES string of the molecule is CC(N=c1nc2n(c3cnc(C4=CCOCC4)cc13)CCN2)c1cccc(C(C)(F)F)c1F. The van der Waals surface area contributed by atoms with Crippen molar-refractivity contribution < 1.29 is 17.9 Å². The fourth-order valence-electron chi connectivity index (χ4n) is 4.32. The van der Waals surface area contributed by atoms with Gasteiger partial charge in [0.2, 0.25) is 5.95 Å². The topological polar surface area (TPSA) is 64.3 Å². The van der Waals surface area contributed by atoms with Crippen molar-refractivity contribution in [2.75, 3.05) is 25.1 Å². The zero-order chi connectivity index (χ0) is 23.2. The molecular weight excluding hydrogens is 431 g/mol. The van der Waals surface area contributed by atoms with E-state index in [2.05, 4.69) is 20.3 Å². The van der Waals surface area contributed by atoms with E-state index in [1.54, 1.807) is 6.92 Å². The minimum absolute atomic E-state index is 0.103. The number of hydrogen-bond acceptors (Lipinski definition) is 5. The number of halogens is 3. The predicted octanol–water partition coefficient (Wildman–Crippen LogP) is 4.57. The highest BCUT2D eigenvalue weighted by atomic mass is 19.3. The maximum absolute atomic E-state index is 15.0. The second-order valence-corrected chi connectivity index (χ2v) is 8.38. The van der Waals surface area contributed by atoms with Crippen LogP contribution in [0.2, 0.25) is 0 Å². The van der Waals surface area contributed by atoms with E-state index < -0.39 is 23.3 Å². The number of anilines is 1. The summed E-state index contributed by atoms with van der Waals surface area (Å²) in [7, 11) is 0. The maximum Gasteiger partial charge on any atom is 0.273 e. The summed E-state index contributed by atoms with van der Waals surface area (Å²) in [5.74, 6) is -3.56. The molecule has 0 fully saturated rings. The lowest BCUT2D eigenvalue weighted by Gasteiger charge is -2.16. The zero-order valence-corrected chi connectivity index (χ0v) is 18.4. The summed E-state index contributed by atoms with van der Waals surface area (Å²) < 4.78 is 50.1. The number of pyridine rings is 1. The van der Waals surface area contributed by atoms with Gasteiger partial charge < -0.3 is 14.6 Å². The van der Waals surface area contributed by atoms with Crippen LogP contribution < -0.4 is 10.8 Å². The molecule has 33 heavy (non-hydrogen) atoms. The van der Waals surface area contributed by atoms with Crippen molar-refractivity contribution in [1.82, 2.24) is 14.5 Å². The van der Waals surface area contributed by atoms with Gasteiger partial charge in [0, 0.05) is 31.0 Å². The van der Waals surface area contributed by atoms with Gasteiger partial charge in [-0.1, -0.05) is 24.3 Å². The Bertz CT molecular complexity index is 1330. The van der Waals surface area contributed by atoms with Crippen LogP contribution in [-0.2, 0) is 17.2 Å². The first-order chi connectivity index (χ1) is 15.8. The van der Waals surface area contributed by atoms with Gasteiger partial charge in [-0.2, -0.15) is 4.98 Å². The third-order valence-corrected chi connectivity index (χ3v) is 6.06. The molecule has 2 aromatic heterocycles. The van der Waals surface area contributed by atoms with Gasteiger partial charge in [-0.3, -0.25) is 9.98 Å². The van der Waals surface area contributed by atoms with Gasteiger partial charge in [0.25, 0.3) is 5.92 Å². The van der Waals surface area contributed by atoms with Gasteiger partial charge in [0.1, 0.15) is 5.82 Å². The first-order valence-electron chi connectivity index (χ1n) is 10.9. The molecule has 0 bridgehead atoms. The summed E-state index contributed by atoms with van der Waals surface area (Å²) >= 11 is 0. The lowest BCUT2D eigenvalue weighted by molar-refractivity contribution is 0.0135. The molecule has 2 aliphatic rings. The number of fused-ring (bicyclic) bond motifs is 3. The van der Waals surface area contributed by atoms with Crippen molar-refractivity contribution in [2.24, 2.45) is 4.99 Å². The van der Waals surface area contributed by atoms with Crippen LogP contribution in [0.5, 0.6) is 0 Å². The van der Waals surface area contributed by atoms with Crippen LogP contribution in [0.3, 0.4) is 0 Å². The molecule has 0 saturated heterocycles. The minimum Gasteiger partial charge on any atom is -0.377 e. The summed E-state index contributed by atoms with van der Waals surface area (Å²) in [6.45, 7) is 5.03. The molecule has 1 atom stereocenters. The highest BCUT2D eigenvalue weighted by Crippen LogP contribution is 2.33. The summed E-state index contributed by atoms with van der Waals surface area (Å²) in [5.41, 5.74) is 2.66. The van der Waals surface area contributed by atoms with Crippen molar-refractivity contribution in [2.45, 2.75) is 38.8 Å². The molecule has 1 N–H and O–H groups in total. The van der Waals surface area contributed by atoms with E-state index >= 15 is 0 Å². The van der Waals surface area contributed by atoms with Crippen LogP contribution in [0.15, 0.2) is 41.5 Å². The van der Waals surface area contributed by atoms with E-state index in [0.29, 0.717) is 31.6 Å². The van der Waals surface area contributed by atoms with Crippen molar-refractivity contribution >= 4 is 22.4 Å². The number of alkyl halides is 2. The molecule has 5 rings (SSSR count). The molecular formula is C24H24F3N5O. The van der Waals surface area contributed by atoms with Crippen molar-refractivity contribution in [1.29, 1.82) is 0 Å². The summed E-state index contributed by atoms with van der Waals surface area (Å²) in [6, 6.07) is 5.26. The Balaban J connectivity index is 1.67. The quantitative estimate of drug-likeness (QED) is 0.626.